The van der Waals surface area contributed by atoms with Crippen molar-refractivity contribution >= 4 is 29.0 Å². The Kier molecular flexibility index (Phi) is 3.47. The van der Waals surface area contributed by atoms with E-state index in [4.69, 9.17) is 27.9 Å². The largest absolute Gasteiger partial charge is 0.379 e. The first-order valence-corrected chi connectivity index (χ1v) is 5.76. The minimum atomic E-state index is -0.179. The maximum absolute atomic E-state index is 5.88. The molecular weight excluding hydrogens is 251 g/mol. The van der Waals surface area contributed by atoms with Crippen molar-refractivity contribution in [3.8, 4) is 0 Å². The van der Waals surface area contributed by atoms with Crippen LogP contribution in [0.25, 0.3) is 0 Å². The van der Waals surface area contributed by atoms with E-state index in [1.807, 2.05) is 0 Å². The summed E-state index contributed by atoms with van der Waals surface area (Å²) in [4.78, 5) is 4.01. The van der Waals surface area contributed by atoms with Crippen molar-refractivity contribution in [2.24, 2.45) is 0 Å². The van der Waals surface area contributed by atoms with E-state index in [-0.39, 0.29) is 16.0 Å². The summed E-state index contributed by atoms with van der Waals surface area (Å²) in [5.74, 6) is 0.453. The molecule has 88 valence electrons. The van der Waals surface area contributed by atoms with Gasteiger partial charge in [-0.3, -0.25) is 0 Å². The molecule has 1 unspecified atom stereocenters. The third kappa shape index (κ3) is 2.72. The molecule has 1 saturated heterocycles. The van der Waals surface area contributed by atoms with Crippen LogP contribution in [0.4, 0.5) is 5.82 Å². The molecule has 2 rings (SSSR count). The van der Waals surface area contributed by atoms with Crippen LogP contribution in [0.2, 0.25) is 10.4 Å². The van der Waals surface area contributed by atoms with E-state index in [0.717, 1.165) is 19.4 Å². The third-order valence-electron chi connectivity index (χ3n) is 2.48. The number of nitrogens with zero attached hydrogens (tertiary/aromatic N) is 3. The lowest BCUT2D eigenvalue weighted by atomic mass is 9.95. The first-order chi connectivity index (χ1) is 7.59. The highest BCUT2D eigenvalue weighted by atomic mass is 35.5. The van der Waals surface area contributed by atoms with Gasteiger partial charge in [-0.25, -0.2) is 0 Å². The summed E-state index contributed by atoms with van der Waals surface area (Å²) < 4.78 is 5.43. The molecule has 1 N–H and O–H groups in total. The Morgan fingerprint density at radius 1 is 1.38 bits per heavy atom. The number of nitrogens with one attached hydrogen (secondary N) is 1. The molecule has 0 spiro atoms. The van der Waals surface area contributed by atoms with Gasteiger partial charge in [0.1, 0.15) is 0 Å². The van der Waals surface area contributed by atoms with Gasteiger partial charge in [-0.1, -0.05) is 11.6 Å². The van der Waals surface area contributed by atoms with E-state index < -0.39 is 0 Å². The molecule has 1 aromatic rings. The predicted octanol–water partition coefficient (Wildman–Crippen LogP) is 2.16. The number of anilines is 1. The summed E-state index contributed by atoms with van der Waals surface area (Å²) in [5, 5.41) is 10.8. The molecule has 16 heavy (non-hydrogen) atoms. The van der Waals surface area contributed by atoms with E-state index in [9.17, 15) is 0 Å². The molecule has 2 heterocycles. The van der Waals surface area contributed by atoms with Crippen LogP contribution in [0, 0.1) is 0 Å². The molecule has 7 heteroatoms. The van der Waals surface area contributed by atoms with Gasteiger partial charge in [0.05, 0.1) is 12.1 Å². The Hall–Kier alpha value is -0.650. The average molecular weight is 263 g/mol. The van der Waals surface area contributed by atoms with Crippen LogP contribution in [0.5, 0.6) is 0 Å². The Bertz CT molecular complexity index is 382. The number of halogens is 2. The van der Waals surface area contributed by atoms with E-state index in [2.05, 4.69) is 27.4 Å². The fraction of sp³-hybridized carbons (Fsp3) is 0.667. The molecule has 0 radical (unpaired) electrons. The molecule has 0 aliphatic carbocycles. The lowest BCUT2D eigenvalue weighted by Crippen LogP contribution is -2.43. The summed E-state index contributed by atoms with van der Waals surface area (Å²) in [7, 11) is 0. The van der Waals surface area contributed by atoms with Crippen LogP contribution in [-0.4, -0.2) is 33.9 Å². The molecule has 1 fully saturated rings. The SMILES string of the molecule is CC1(Nc2nc(Cl)nnc2Cl)CCCOC1. The fourth-order valence-corrected chi connectivity index (χ4v) is 1.94. The summed E-state index contributed by atoms with van der Waals surface area (Å²) in [6, 6.07) is 0. The van der Waals surface area contributed by atoms with Crippen molar-refractivity contribution in [3.63, 3.8) is 0 Å². The maximum Gasteiger partial charge on any atom is 0.245 e. The lowest BCUT2D eigenvalue weighted by molar-refractivity contribution is 0.0539. The summed E-state index contributed by atoms with van der Waals surface area (Å²) in [5.41, 5.74) is -0.179. The molecule has 0 saturated carbocycles. The van der Waals surface area contributed by atoms with Crippen LogP contribution in [-0.2, 0) is 4.74 Å². The van der Waals surface area contributed by atoms with Gasteiger partial charge >= 0.3 is 0 Å². The van der Waals surface area contributed by atoms with Gasteiger partial charge in [0.2, 0.25) is 5.28 Å². The molecule has 1 aliphatic heterocycles. The number of ether oxygens (including phenoxy) is 1. The summed E-state index contributed by atoms with van der Waals surface area (Å²) in [6.07, 6.45) is 2.00. The predicted molar refractivity (Wildman–Crippen MR) is 61.9 cm³/mol. The van der Waals surface area contributed by atoms with Crippen molar-refractivity contribution in [1.29, 1.82) is 0 Å². The van der Waals surface area contributed by atoms with Gasteiger partial charge in [0, 0.05) is 6.61 Å². The maximum atomic E-state index is 5.88. The zero-order valence-corrected chi connectivity index (χ0v) is 10.3. The Morgan fingerprint density at radius 2 is 2.19 bits per heavy atom. The van der Waals surface area contributed by atoms with Crippen molar-refractivity contribution < 1.29 is 4.74 Å². The van der Waals surface area contributed by atoms with Crippen molar-refractivity contribution in [3.05, 3.63) is 10.4 Å². The summed E-state index contributed by atoms with van der Waals surface area (Å²) in [6.45, 7) is 3.47. The Labute approximate surface area is 104 Å². The van der Waals surface area contributed by atoms with Gasteiger partial charge in [-0.15, -0.1) is 10.2 Å². The Morgan fingerprint density at radius 3 is 2.88 bits per heavy atom. The van der Waals surface area contributed by atoms with Crippen LogP contribution < -0.4 is 5.32 Å². The van der Waals surface area contributed by atoms with E-state index in [0.29, 0.717) is 12.4 Å². The van der Waals surface area contributed by atoms with Gasteiger partial charge < -0.3 is 10.1 Å². The lowest BCUT2D eigenvalue weighted by Gasteiger charge is -2.34. The van der Waals surface area contributed by atoms with Crippen molar-refractivity contribution in [1.82, 2.24) is 15.2 Å². The Balaban J connectivity index is 2.15. The second-order valence-electron chi connectivity index (χ2n) is 4.06. The average Bonchev–Trinajstić information content (AvgIpc) is 2.24. The number of aromatic nitrogens is 3. The molecule has 5 nitrogen and oxygen atoms in total. The molecule has 1 atom stereocenters. The van der Waals surface area contributed by atoms with E-state index >= 15 is 0 Å². The van der Waals surface area contributed by atoms with Gasteiger partial charge in [0.25, 0.3) is 0 Å². The zero-order valence-electron chi connectivity index (χ0n) is 8.83. The van der Waals surface area contributed by atoms with E-state index in [1.165, 1.54) is 0 Å². The monoisotopic (exact) mass is 262 g/mol. The number of hydrogen-bond donors (Lipinski definition) is 1. The van der Waals surface area contributed by atoms with Crippen LogP contribution >= 0.6 is 23.2 Å². The smallest absolute Gasteiger partial charge is 0.245 e. The van der Waals surface area contributed by atoms with Gasteiger partial charge in [-0.05, 0) is 31.4 Å². The number of hydrogen-bond acceptors (Lipinski definition) is 5. The zero-order chi connectivity index (χ0) is 11.6. The second-order valence-corrected chi connectivity index (χ2v) is 4.76. The standard InChI is InChI=1S/C9H12Cl2N4O/c1-9(3-2-4-16-5-9)13-7-6(10)14-15-8(11)12-7/h2-5H2,1H3,(H,12,13,15). The van der Waals surface area contributed by atoms with Crippen molar-refractivity contribution in [2.75, 3.05) is 18.5 Å². The first-order valence-electron chi connectivity index (χ1n) is 5.01. The molecule has 0 bridgehead atoms. The van der Waals surface area contributed by atoms with Crippen LogP contribution in [0.15, 0.2) is 0 Å². The molecule has 1 aliphatic rings. The molecule has 0 aromatic carbocycles. The number of rotatable bonds is 2. The van der Waals surface area contributed by atoms with Crippen molar-refractivity contribution in [2.45, 2.75) is 25.3 Å². The quantitative estimate of drug-likeness (QED) is 0.885. The van der Waals surface area contributed by atoms with Crippen LogP contribution in [0.1, 0.15) is 19.8 Å². The molecule has 1 aromatic heterocycles. The second kappa shape index (κ2) is 4.69. The summed E-state index contributed by atoms with van der Waals surface area (Å²) >= 11 is 11.5. The molecular formula is C9H12Cl2N4O. The minimum absolute atomic E-state index is 0.0761. The van der Waals surface area contributed by atoms with Gasteiger partial charge in [-0.2, -0.15) is 4.98 Å². The normalized spacial score (nSPS) is 25.4. The topological polar surface area (TPSA) is 59.9 Å². The highest BCUT2D eigenvalue weighted by Crippen LogP contribution is 2.26. The molecule has 0 amide bonds. The third-order valence-corrected chi connectivity index (χ3v) is 2.89. The van der Waals surface area contributed by atoms with Crippen LogP contribution in [0.3, 0.4) is 0 Å². The van der Waals surface area contributed by atoms with Gasteiger partial charge in [0.15, 0.2) is 11.0 Å². The highest BCUT2D eigenvalue weighted by molar-refractivity contribution is 6.32. The highest BCUT2D eigenvalue weighted by Gasteiger charge is 2.28. The first kappa shape index (κ1) is 11.8. The van der Waals surface area contributed by atoms with E-state index in [1.54, 1.807) is 0 Å². The minimum Gasteiger partial charge on any atom is -0.379 e. The fourth-order valence-electron chi connectivity index (χ4n) is 1.69.